The van der Waals surface area contributed by atoms with Crippen LogP contribution in [0.25, 0.3) is 22.2 Å². The van der Waals surface area contributed by atoms with Gasteiger partial charge < -0.3 is 4.98 Å². The van der Waals surface area contributed by atoms with E-state index in [1.165, 1.54) is 33.3 Å². The average Bonchev–Trinajstić information content (AvgIpc) is 3.06. The van der Waals surface area contributed by atoms with Crippen LogP contribution in [0.15, 0.2) is 84.9 Å². The molecular formula is C23H22N2. The highest BCUT2D eigenvalue weighted by atomic mass is 15.1. The van der Waals surface area contributed by atoms with Crippen LogP contribution in [-0.2, 0) is 13.1 Å². The van der Waals surface area contributed by atoms with Gasteiger partial charge in [-0.15, -0.1) is 0 Å². The summed E-state index contributed by atoms with van der Waals surface area (Å²) in [5, 5.41) is 1.26. The van der Waals surface area contributed by atoms with Gasteiger partial charge in [0, 0.05) is 29.7 Å². The largest absolute Gasteiger partial charge is 0.355 e. The number of aromatic amines is 1. The van der Waals surface area contributed by atoms with Crippen molar-refractivity contribution < 1.29 is 0 Å². The Morgan fingerprint density at radius 2 is 1.40 bits per heavy atom. The zero-order valence-corrected chi connectivity index (χ0v) is 14.4. The lowest BCUT2D eigenvalue weighted by Gasteiger charge is -2.16. The Balaban J connectivity index is 1.53. The first-order valence-electron chi connectivity index (χ1n) is 8.67. The molecule has 4 aromatic rings. The van der Waals surface area contributed by atoms with Gasteiger partial charge in [-0.05, 0) is 35.9 Å². The van der Waals surface area contributed by atoms with E-state index in [9.17, 15) is 0 Å². The van der Waals surface area contributed by atoms with Gasteiger partial charge in [-0.25, -0.2) is 0 Å². The van der Waals surface area contributed by atoms with Gasteiger partial charge >= 0.3 is 0 Å². The third-order valence-corrected chi connectivity index (χ3v) is 4.52. The fourth-order valence-corrected chi connectivity index (χ4v) is 3.31. The molecule has 1 N–H and O–H groups in total. The van der Waals surface area contributed by atoms with Crippen molar-refractivity contribution in [3.63, 3.8) is 0 Å². The number of hydrogen-bond acceptors (Lipinski definition) is 1. The lowest BCUT2D eigenvalue weighted by atomic mass is 10.1. The SMILES string of the molecule is CN(Cc1ccccc1)Cc1ccc2cc(-c3ccccc3)[nH]c2c1. The van der Waals surface area contributed by atoms with E-state index in [1.807, 2.05) is 6.07 Å². The van der Waals surface area contributed by atoms with Gasteiger partial charge in [-0.3, -0.25) is 4.90 Å². The maximum atomic E-state index is 3.56. The molecule has 1 aromatic heterocycles. The highest BCUT2D eigenvalue weighted by Gasteiger charge is 2.06. The molecule has 0 unspecified atom stereocenters. The fourth-order valence-electron chi connectivity index (χ4n) is 3.31. The highest BCUT2D eigenvalue weighted by Crippen LogP contribution is 2.25. The Morgan fingerprint density at radius 3 is 2.16 bits per heavy atom. The standard InChI is InChI=1S/C23H22N2/c1-25(16-18-8-4-2-5-9-18)17-19-12-13-21-15-23(24-22(21)14-19)20-10-6-3-7-11-20/h2-15,24H,16-17H2,1H3. The predicted octanol–water partition coefficient (Wildman–Crippen LogP) is 5.47. The van der Waals surface area contributed by atoms with E-state index in [-0.39, 0.29) is 0 Å². The van der Waals surface area contributed by atoms with Gasteiger partial charge in [0.05, 0.1) is 0 Å². The number of hydrogen-bond donors (Lipinski definition) is 1. The number of benzene rings is 3. The average molecular weight is 326 g/mol. The number of H-pyrrole nitrogens is 1. The smallest absolute Gasteiger partial charge is 0.0464 e. The number of aromatic nitrogens is 1. The highest BCUT2D eigenvalue weighted by molar-refractivity contribution is 5.86. The van der Waals surface area contributed by atoms with Crippen LogP contribution < -0.4 is 0 Å². The van der Waals surface area contributed by atoms with Gasteiger partial charge in [-0.1, -0.05) is 72.8 Å². The van der Waals surface area contributed by atoms with Crippen molar-refractivity contribution in [1.82, 2.24) is 9.88 Å². The topological polar surface area (TPSA) is 19.0 Å². The quantitative estimate of drug-likeness (QED) is 0.515. The Labute approximate surface area is 148 Å². The van der Waals surface area contributed by atoms with Crippen LogP contribution in [0.5, 0.6) is 0 Å². The summed E-state index contributed by atoms with van der Waals surface area (Å²) in [6, 6.07) is 30.0. The monoisotopic (exact) mass is 326 g/mol. The number of fused-ring (bicyclic) bond motifs is 1. The van der Waals surface area contributed by atoms with E-state index in [2.05, 4.69) is 95.8 Å². The minimum Gasteiger partial charge on any atom is -0.355 e. The van der Waals surface area contributed by atoms with E-state index in [4.69, 9.17) is 0 Å². The molecule has 4 rings (SSSR count). The second-order valence-corrected chi connectivity index (χ2v) is 6.63. The second kappa shape index (κ2) is 6.96. The minimum atomic E-state index is 0.935. The Bertz CT molecular complexity index is 955. The molecule has 0 radical (unpaired) electrons. The number of nitrogens with one attached hydrogen (secondary N) is 1. The molecule has 3 aromatic carbocycles. The third kappa shape index (κ3) is 3.65. The Kier molecular flexibility index (Phi) is 4.36. The molecule has 2 heteroatoms. The molecule has 0 atom stereocenters. The second-order valence-electron chi connectivity index (χ2n) is 6.63. The number of nitrogens with zero attached hydrogens (tertiary/aromatic N) is 1. The summed E-state index contributed by atoms with van der Waals surface area (Å²) in [5.74, 6) is 0. The summed E-state index contributed by atoms with van der Waals surface area (Å²) in [6.45, 7) is 1.89. The number of rotatable bonds is 5. The van der Waals surface area contributed by atoms with Crippen molar-refractivity contribution in [3.05, 3.63) is 96.1 Å². The first-order chi connectivity index (χ1) is 12.3. The lowest BCUT2D eigenvalue weighted by molar-refractivity contribution is 0.319. The molecule has 1 heterocycles. The fraction of sp³-hybridized carbons (Fsp3) is 0.130. The van der Waals surface area contributed by atoms with Gasteiger partial charge in [-0.2, -0.15) is 0 Å². The summed E-state index contributed by atoms with van der Waals surface area (Å²) in [5.41, 5.74) is 6.26. The molecule has 2 nitrogen and oxygen atoms in total. The lowest BCUT2D eigenvalue weighted by Crippen LogP contribution is -2.17. The van der Waals surface area contributed by atoms with Gasteiger partial charge in [0.15, 0.2) is 0 Å². The predicted molar refractivity (Wildman–Crippen MR) is 105 cm³/mol. The van der Waals surface area contributed by atoms with Crippen LogP contribution in [0.4, 0.5) is 0 Å². The van der Waals surface area contributed by atoms with Crippen molar-refractivity contribution in [2.45, 2.75) is 13.1 Å². The van der Waals surface area contributed by atoms with E-state index in [0.717, 1.165) is 13.1 Å². The third-order valence-electron chi connectivity index (χ3n) is 4.52. The molecule has 0 aliphatic rings. The maximum absolute atomic E-state index is 3.56. The van der Waals surface area contributed by atoms with Gasteiger partial charge in [0.1, 0.15) is 0 Å². The molecular weight excluding hydrogens is 304 g/mol. The van der Waals surface area contributed by atoms with Crippen LogP contribution >= 0.6 is 0 Å². The van der Waals surface area contributed by atoms with Crippen molar-refractivity contribution in [3.8, 4) is 11.3 Å². The van der Waals surface area contributed by atoms with Crippen LogP contribution in [0, 0.1) is 0 Å². The molecule has 0 saturated carbocycles. The van der Waals surface area contributed by atoms with Crippen LogP contribution in [0.3, 0.4) is 0 Å². The molecule has 0 amide bonds. The van der Waals surface area contributed by atoms with Gasteiger partial charge in [0.25, 0.3) is 0 Å². The maximum Gasteiger partial charge on any atom is 0.0464 e. The van der Waals surface area contributed by atoms with Crippen LogP contribution in [0.1, 0.15) is 11.1 Å². The summed E-state index contributed by atoms with van der Waals surface area (Å²) in [4.78, 5) is 5.90. The molecule has 0 bridgehead atoms. The van der Waals surface area contributed by atoms with Crippen molar-refractivity contribution in [1.29, 1.82) is 0 Å². The molecule has 0 aliphatic heterocycles. The molecule has 0 spiro atoms. The summed E-state index contributed by atoms with van der Waals surface area (Å²) in [7, 11) is 2.17. The molecule has 25 heavy (non-hydrogen) atoms. The molecule has 0 fully saturated rings. The first kappa shape index (κ1) is 15.7. The van der Waals surface area contributed by atoms with Crippen molar-refractivity contribution >= 4 is 10.9 Å². The van der Waals surface area contributed by atoms with Crippen LogP contribution in [-0.4, -0.2) is 16.9 Å². The Hall–Kier alpha value is -2.84. The van der Waals surface area contributed by atoms with Crippen molar-refractivity contribution in [2.75, 3.05) is 7.05 Å². The van der Waals surface area contributed by atoms with E-state index in [0.29, 0.717) is 0 Å². The van der Waals surface area contributed by atoms with E-state index >= 15 is 0 Å². The van der Waals surface area contributed by atoms with Crippen molar-refractivity contribution in [2.24, 2.45) is 0 Å². The van der Waals surface area contributed by atoms with Gasteiger partial charge in [0.2, 0.25) is 0 Å². The first-order valence-corrected chi connectivity index (χ1v) is 8.67. The summed E-state index contributed by atoms with van der Waals surface area (Å²) < 4.78 is 0. The molecule has 0 aliphatic carbocycles. The zero-order valence-electron chi connectivity index (χ0n) is 14.4. The Morgan fingerprint density at radius 1 is 0.720 bits per heavy atom. The summed E-state index contributed by atoms with van der Waals surface area (Å²) >= 11 is 0. The molecule has 0 saturated heterocycles. The normalized spacial score (nSPS) is 11.3. The summed E-state index contributed by atoms with van der Waals surface area (Å²) in [6.07, 6.45) is 0. The minimum absolute atomic E-state index is 0.935. The zero-order chi connectivity index (χ0) is 17.1. The molecule has 124 valence electrons. The van der Waals surface area contributed by atoms with Crippen LogP contribution in [0.2, 0.25) is 0 Å². The van der Waals surface area contributed by atoms with E-state index < -0.39 is 0 Å². The van der Waals surface area contributed by atoms with E-state index in [1.54, 1.807) is 0 Å².